The van der Waals surface area contributed by atoms with E-state index in [0.717, 1.165) is 0 Å². The van der Waals surface area contributed by atoms with Crippen LogP contribution in [0.25, 0.3) is 0 Å². The van der Waals surface area contributed by atoms with Crippen molar-refractivity contribution in [1.82, 2.24) is 0 Å². The third kappa shape index (κ3) is 2.17. The number of hydrogen-bond donors (Lipinski definition) is 0. The van der Waals surface area contributed by atoms with Gasteiger partial charge in [-0.1, -0.05) is 0 Å². The van der Waals surface area contributed by atoms with Crippen LogP contribution in [0.15, 0.2) is 0 Å². The van der Waals surface area contributed by atoms with Crippen molar-refractivity contribution >= 4 is 11.9 Å². The summed E-state index contributed by atoms with van der Waals surface area (Å²) >= 11 is 0. The average molecular weight is 117 g/mol. The van der Waals surface area contributed by atoms with Crippen molar-refractivity contribution in [3.8, 4) is 0 Å². The van der Waals surface area contributed by atoms with Crippen LogP contribution < -0.4 is 0 Å². The second-order valence-electron chi connectivity index (χ2n) is 1.01. The molecule has 0 N–H and O–H groups in total. The van der Waals surface area contributed by atoms with Gasteiger partial charge in [-0.3, -0.25) is 0 Å². The van der Waals surface area contributed by atoms with Crippen molar-refractivity contribution in [2.45, 2.75) is 6.92 Å². The van der Waals surface area contributed by atoms with Gasteiger partial charge in [-0.2, -0.15) is 0 Å². The van der Waals surface area contributed by atoms with Crippen LogP contribution in [0.4, 0.5) is 0 Å². The average Bonchev–Trinajstić information content (AvgIpc) is 1.67. The molecule has 0 fully saturated rings. The Labute approximate surface area is 46.1 Å². The van der Waals surface area contributed by atoms with E-state index in [1.54, 1.807) is 0 Å². The predicted octanol–water partition coefficient (Wildman–Crippen LogP) is -0.493. The lowest BCUT2D eigenvalue weighted by Gasteiger charge is -1.90. The highest BCUT2D eigenvalue weighted by molar-refractivity contribution is 6.28. The van der Waals surface area contributed by atoms with Crippen molar-refractivity contribution in [2.75, 3.05) is 6.61 Å². The molecular weight excluding hydrogens is 112 g/mol. The molecule has 1 radical (unpaired) electrons. The highest BCUT2D eigenvalue weighted by Gasteiger charge is 2.13. The van der Waals surface area contributed by atoms with Gasteiger partial charge in [0, 0.05) is 0 Å². The van der Waals surface area contributed by atoms with Crippen LogP contribution in [0.3, 0.4) is 0 Å². The molecular formula is C4H5O4. The second-order valence-corrected chi connectivity index (χ2v) is 1.01. The monoisotopic (exact) mass is 117 g/mol. The summed E-state index contributed by atoms with van der Waals surface area (Å²) in [6.45, 7) is 1.58. The normalized spacial score (nSPS) is 8.12. The molecule has 0 rings (SSSR count). The first-order chi connectivity index (χ1) is 3.68. The minimum Gasteiger partial charge on any atom is -0.457 e. The molecule has 0 saturated carbocycles. The van der Waals surface area contributed by atoms with E-state index >= 15 is 0 Å². The van der Waals surface area contributed by atoms with Gasteiger partial charge in [-0.25, -0.2) is 14.7 Å². The fourth-order valence-corrected chi connectivity index (χ4v) is 0.190. The zero-order valence-corrected chi connectivity index (χ0v) is 4.34. The number of carbonyl (C=O) groups is 2. The summed E-state index contributed by atoms with van der Waals surface area (Å²) in [5, 5.41) is 9.50. The quantitative estimate of drug-likeness (QED) is 0.343. The van der Waals surface area contributed by atoms with Crippen LogP contribution in [0.1, 0.15) is 6.92 Å². The van der Waals surface area contributed by atoms with Gasteiger partial charge in [0.25, 0.3) is 0 Å². The molecule has 0 aliphatic heterocycles. The highest BCUT2D eigenvalue weighted by atomic mass is 16.6. The van der Waals surface area contributed by atoms with Crippen LogP contribution in [-0.2, 0) is 19.4 Å². The lowest BCUT2D eigenvalue weighted by atomic mass is 10.7. The largest absolute Gasteiger partial charge is 0.462 e. The highest BCUT2D eigenvalue weighted by Crippen LogP contribution is 1.75. The predicted molar refractivity (Wildman–Crippen MR) is 22.3 cm³/mol. The van der Waals surface area contributed by atoms with Gasteiger partial charge in [0.15, 0.2) is 0 Å². The summed E-state index contributed by atoms with van der Waals surface area (Å²) in [5.74, 6) is -3.11. The summed E-state index contributed by atoms with van der Waals surface area (Å²) in [4.78, 5) is 19.4. The molecule has 0 saturated heterocycles. The van der Waals surface area contributed by atoms with Gasteiger partial charge >= 0.3 is 11.9 Å². The standard InChI is InChI=1S/C4H5O4/c1-2-8-4(7)3(5)6/h2H2,1H3. The Hall–Kier alpha value is -1.06. The summed E-state index contributed by atoms with van der Waals surface area (Å²) in [6, 6.07) is 0. The van der Waals surface area contributed by atoms with Gasteiger partial charge in [0.05, 0.1) is 6.61 Å². The van der Waals surface area contributed by atoms with E-state index in [-0.39, 0.29) is 6.61 Å². The van der Waals surface area contributed by atoms with E-state index in [4.69, 9.17) is 0 Å². The lowest BCUT2D eigenvalue weighted by Crippen LogP contribution is -2.14. The third-order valence-corrected chi connectivity index (χ3v) is 0.442. The smallest absolute Gasteiger partial charge is 0.457 e. The van der Waals surface area contributed by atoms with Gasteiger partial charge < -0.3 is 4.74 Å². The molecule has 0 aromatic rings. The molecule has 4 nitrogen and oxygen atoms in total. The van der Waals surface area contributed by atoms with Gasteiger partial charge in [-0.05, 0) is 6.92 Å². The van der Waals surface area contributed by atoms with E-state index in [2.05, 4.69) is 4.74 Å². The topological polar surface area (TPSA) is 63.3 Å². The second kappa shape index (κ2) is 3.01. The number of ether oxygens (including phenoxy) is 1. The van der Waals surface area contributed by atoms with Crippen molar-refractivity contribution in [1.29, 1.82) is 0 Å². The minimum atomic E-state index is -1.80. The van der Waals surface area contributed by atoms with Crippen LogP contribution in [0, 0.1) is 0 Å². The van der Waals surface area contributed by atoms with Gasteiger partial charge in [0.1, 0.15) is 0 Å². The van der Waals surface area contributed by atoms with Crippen LogP contribution in [-0.4, -0.2) is 18.5 Å². The Balaban J connectivity index is 3.49. The van der Waals surface area contributed by atoms with Crippen molar-refractivity contribution in [2.24, 2.45) is 0 Å². The van der Waals surface area contributed by atoms with Gasteiger partial charge in [-0.15, -0.1) is 0 Å². The van der Waals surface area contributed by atoms with E-state index in [1.807, 2.05) is 0 Å². The lowest BCUT2D eigenvalue weighted by molar-refractivity contribution is -0.167. The number of hydrogen-bond acceptors (Lipinski definition) is 3. The summed E-state index contributed by atoms with van der Waals surface area (Å²) in [5.41, 5.74) is 0. The molecule has 0 aromatic carbocycles. The molecule has 0 atom stereocenters. The SMILES string of the molecule is CCOC(=O)C([O])=O. The molecule has 45 valence electrons. The van der Waals surface area contributed by atoms with E-state index in [1.165, 1.54) is 6.92 Å². The summed E-state index contributed by atoms with van der Waals surface area (Å²) in [6.07, 6.45) is 0. The Morgan fingerprint density at radius 2 is 2.00 bits per heavy atom. The third-order valence-electron chi connectivity index (χ3n) is 0.442. The maximum absolute atomic E-state index is 9.86. The van der Waals surface area contributed by atoms with Crippen LogP contribution >= 0.6 is 0 Å². The van der Waals surface area contributed by atoms with Gasteiger partial charge in [0.2, 0.25) is 0 Å². The first-order valence-corrected chi connectivity index (χ1v) is 2.06. The Kier molecular flexibility index (Phi) is 2.61. The number of esters is 1. The summed E-state index contributed by atoms with van der Waals surface area (Å²) < 4.78 is 4.00. The minimum absolute atomic E-state index is 0.0623. The van der Waals surface area contributed by atoms with Crippen LogP contribution in [0.2, 0.25) is 0 Å². The molecule has 0 amide bonds. The maximum atomic E-state index is 9.86. The number of carbonyl (C=O) groups excluding carboxylic acids is 2. The van der Waals surface area contributed by atoms with E-state index in [0.29, 0.717) is 0 Å². The Morgan fingerprint density at radius 3 is 2.12 bits per heavy atom. The molecule has 0 bridgehead atoms. The Morgan fingerprint density at radius 1 is 1.50 bits per heavy atom. The van der Waals surface area contributed by atoms with Crippen molar-refractivity contribution in [3.05, 3.63) is 0 Å². The zero-order valence-electron chi connectivity index (χ0n) is 4.34. The molecule has 8 heavy (non-hydrogen) atoms. The fourth-order valence-electron chi connectivity index (χ4n) is 0.190. The zero-order chi connectivity index (χ0) is 6.57. The van der Waals surface area contributed by atoms with Crippen molar-refractivity contribution in [3.63, 3.8) is 0 Å². The molecule has 0 spiro atoms. The number of rotatable bonds is 1. The molecule has 0 aliphatic carbocycles. The van der Waals surface area contributed by atoms with Crippen LogP contribution in [0.5, 0.6) is 0 Å². The molecule has 0 aliphatic rings. The Bertz CT molecular complexity index is 107. The van der Waals surface area contributed by atoms with E-state index in [9.17, 15) is 14.7 Å². The first-order valence-electron chi connectivity index (χ1n) is 2.06. The maximum Gasteiger partial charge on any atom is 0.462 e. The first kappa shape index (κ1) is 6.94. The summed E-state index contributed by atoms with van der Waals surface area (Å²) in [7, 11) is 0. The van der Waals surface area contributed by atoms with Crippen molar-refractivity contribution < 1.29 is 19.4 Å². The fraction of sp³-hybridized carbons (Fsp3) is 0.500. The molecule has 0 heterocycles. The van der Waals surface area contributed by atoms with E-state index < -0.39 is 11.9 Å². The molecule has 0 unspecified atom stereocenters. The molecule has 4 heteroatoms. The molecule has 0 aromatic heterocycles.